The lowest BCUT2D eigenvalue weighted by molar-refractivity contribution is -0.154. The van der Waals surface area contributed by atoms with Crippen molar-refractivity contribution < 1.29 is 19.1 Å². The number of nitrogens with zero attached hydrogens (tertiary/aromatic N) is 2. The molecule has 2 aromatic carbocycles. The third kappa shape index (κ3) is 6.32. The molecule has 28 heavy (non-hydrogen) atoms. The van der Waals surface area contributed by atoms with Gasteiger partial charge in [-0.2, -0.15) is 5.26 Å². The summed E-state index contributed by atoms with van der Waals surface area (Å²) in [5.74, 6) is -0.598. The van der Waals surface area contributed by atoms with Crippen molar-refractivity contribution in [3.05, 3.63) is 59.7 Å². The van der Waals surface area contributed by atoms with Crippen molar-refractivity contribution in [1.29, 1.82) is 5.26 Å². The Morgan fingerprint density at radius 3 is 2.32 bits per heavy atom. The highest BCUT2D eigenvalue weighted by molar-refractivity contribution is 5.82. The fourth-order valence-electron chi connectivity index (χ4n) is 2.28. The van der Waals surface area contributed by atoms with Gasteiger partial charge in [0.1, 0.15) is 5.75 Å². The Balaban J connectivity index is 1.73. The molecule has 146 valence electrons. The average molecular weight is 381 g/mol. The molecule has 0 radical (unpaired) electrons. The van der Waals surface area contributed by atoms with E-state index in [2.05, 4.69) is 5.32 Å². The van der Waals surface area contributed by atoms with Crippen molar-refractivity contribution in [3.63, 3.8) is 0 Å². The van der Waals surface area contributed by atoms with E-state index in [0.717, 1.165) is 11.3 Å². The highest BCUT2D eigenvalue weighted by atomic mass is 16.6. The van der Waals surface area contributed by atoms with E-state index in [1.54, 1.807) is 24.3 Å². The first-order valence-electron chi connectivity index (χ1n) is 8.75. The van der Waals surface area contributed by atoms with Gasteiger partial charge in [-0.1, -0.05) is 12.1 Å². The van der Waals surface area contributed by atoms with Gasteiger partial charge in [-0.25, -0.2) is 4.79 Å². The third-order valence-corrected chi connectivity index (χ3v) is 3.92. The summed E-state index contributed by atoms with van der Waals surface area (Å²) in [4.78, 5) is 25.8. The fourth-order valence-corrected chi connectivity index (χ4v) is 2.28. The van der Waals surface area contributed by atoms with Crippen molar-refractivity contribution in [3.8, 4) is 11.8 Å². The number of hydrogen-bond acceptors (Lipinski definition) is 6. The molecule has 1 N–H and O–H groups in total. The van der Waals surface area contributed by atoms with E-state index >= 15 is 0 Å². The quantitative estimate of drug-likeness (QED) is 0.705. The lowest BCUT2D eigenvalue weighted by Crippen LogP contribution is -2.32. The maximum absolute atomic E-state index is 12.0. The summed E-state index contributed by atoms with van der Waals surface area (Å²) < 4.78 is 10.4. The largest absolute Gasteiger partial charge is 0.479 e. The van der Waals surface area contributed by atoms with E-state index in [4.69, 9.17) is 14.7 Å². The standard InChI is InChI=1S/C21H23N3O4/c1-15(28-19-10-6-16(12-22)7-11-19)21(26)27-14-20(25)23-13-17-4-8-18(9-5-17)24(2)3/h4-11,15H,13-14H2,1-3H3,(H,23,25)/t15-/m0/s1. The van der Waals surface area contributed by atoms with Crippen molar-refractivity contribution in [1.82, 2.24) is 5.32 Å². The number of esters is 1. The number of hydrogen-bond donors (Lipinski definition) is 1. The fraction of sp³-hybridized carbons (Fsp3) is 0.286. The SMILES string of the molecule is C[C@H](Oc1ccc(C#N)cc1)C(=O)OCC(=O)NCc1ccc(N(C)C)cc1. The zero-order valence-electron chi connectivity index (χ0n) is 16.1. The van der Waals surface area contributed by atoms with Gasteiger partial charge in [0.15, 0.2) is 12.7 Å². The monoisotopic (exact) mass is 381 g/mol. The molecule has 1 amide bonds. The molecule has 1 atom stereocenters. The van der Waals surface area contributed by atoms with Gasteiger partial charge in [-0.15, -0.1) is 0 Å². The van der Waals surface area contributed by atoms with Crippen LogP contribution in [-0.4, -0.2) is 38.7 Å². The highest BCUT2D eigenvalue weighted by Crippen LogP contribution is 2.14. The first-order valence-corrected chi connectivity index (χ1v) is 8.75. The normalized spacial score (nSPS) is 11.1. The maximum atomic E-state index is 12.0. The smallest absolute Gasteiger partial charge is 0.347 e. The number of ether oxygens (including phenoxy) is 2. The molecule has 7 nitrogen and oxygen atoms in total. The minimum absolute atomic E-state index is 0.349. The van der Waals surface area contributed by atoms with Gasteiger partial charge in [-0.3, -0.25) is 4.79 Å². The molecule has 0 saturated carbocycles. The van der Waals surface area contributed by atoms with E-state index in [0.29, 0.717) is 17.9 Å². The zero-order valence-corrected chi connectivity index (χ0v) is 16.1. The molecule has 2 aromatic rings. The van der Waals surface area contributed by atoms with Gasteiger partial charge >= 0.3 is 5.97 Å². The van der Waals surface area contributed by atoms with Crippen LogP contribution >= 0.6 is 0 Å². The number of benzene rings is 2. The molecule has 0 fully saturated rings. The minimum atomic E-state index is -0.876. The van der Waals surface area contributed by atoms with Crippen molar-refractivity contribution >= 4 is 17.6 Å². The number of nitrogens with one attached hydrogen (secondary N) is 1. The summed E-state index contributed by atoms with van der Waals surface area (Å²) >= 11 is 0. The molecule has 0 spiro atoms. The second-order valence-electron chi connectivity index (χ2n) is 6.34. The van der Waals surface area contributed by atoms with Crippen molar-refractivity contribution in [2.24, 2.45) is 0 Å². The Bertz CT molecular complexity index is 839. The van der Waals surface area contributed by atoms with E-state index in [1.807, 2.05) is 49.3 Å². The summed E-state index contributed by atoms with van der Waals surface area (Å²) in [5.41, 5.74) is 2.51. The highest BCUT2D eigenvalue weighted by Gasteiger charge is 2.17. The summed E-state index contributed by atoms with van der Waals surface area (Å²) in [7, 11) is 3.91. The molecule has 0 heterocycles. The molecule has 0 aliphatic rings. The van der Waals surface area contributed by atoms with Crippen LogP contribution in [0.2, 0.25) is 0 Å². The molecule has 0 aliphatic heterocycles. The van der Waals surface area contributed by atoms with Gasteiger partial charge in [0.25, 0.3) is 5.91 Å². The number of carbonyl (C=O) groups excluding carboxylic acids is 2. The Kier molecular flexibility index (Phi) is 7.40. The Morgan fingerprint density at radius 1 is 1.11 bits per heavy atom. The van der Waals surface area contributed by atoms with Crippen LogP contribution in [0.15, 0.2) is 48.5 Å². The summed E-state index contributed by atoms with van der Waals surface area (Å²) in [6.07, 6.45) is -0.876. The topological polar surface area (TPSA) is 91.7 Å². The lowest BCUT2D eigenvalue weighted by atomic mass is 10.2. The number of rotatable bonds is 8. The van der Waals surface area contributed by atoms with E-state index in [1.165, 1.54) is 6.92 Å². The first-order chi connectivity index (χ1) is 13.4. The molecular weight excluding hydrogens is 358 g/mol. The van der Waals surface area contributed by atoms with Crippen LogP contribution in [0, 0.1) is 11.3 Å². The number of nitriles is 1. The van der Waals surface area contributed by atoms with E-state index in [-0.39, 0.29) is 6.61 Å². The Morgan fingerprint density at radius 2 is 1.75 bits per heavy atom. The van der Waals surface area contributed by atoms with Gasteiger partial charge in [-0.05, 0) is 48.9 Å². The average Bonchev–Trinajstić information content (AvgIpc) is 2.71. The number of amides is 1. The Hall–Kier alpha value is -3.53. The van der Waals surface area contributed by atoms with Crippen LogP contribution in [0.3, 0.4) is 0 Å². The van der Waals surface area contributed by atoms with Crippen LogP contribution in [-0.2, 0) is 20.9 Å². The van der Waals surface area contributed by atoms with Gasteiger partial charge in [0, 0.05) is 26.3 Å². The van der Waals surface area contributed by atoms with Crippen LogP contribution < -0.4 is 15.0 Å². The van der Waals surface area contributed by atoms with E-state index < -0.39 is 18.0 Å². The van der Waals surface area contributed by atoms with Crippen molar-refractivity contribution in [2.45, 2.75) is 19.6 Å². The van der Waals surface area contributed by atoms with Crippen LogP contribution in [0.25, 0.3) is 0 Å². The van der Waals surface area contributed by atoms with Crippen LogP contribution in [0.1, 0.15) is 18.1 Å². The second-order valence-corrected chi connectivity index (χ2v) is 6.34. The van der Waals surface area contributed by atoms with Crippen LogP contribution in [0.4, 0.5) is 5.69 Å². The van der Waals surface area contributed by atoms with Gasteiger partial charge in [0.05, 0.1) is 11.6 Å². The molecule has 7 heteroatoms. The zero-order chi connectivity index (χ0) is 20.5. The molecule has 0 aromatic heterocycles. The van der Waals surface area contributed by atoms with Crippen molar-refractivity contribution in [2.75, 3.05) is 25.6 Å². The molecular formula is C21H23N3O4. The predicted molar refractivity (Wildman–Crippen MR) is 105 cm³/mol. The predicted octanol–water partition coefficient (Wildman–Crippen LogP) is 2.25. The van der Waals surface area contributed by atoms with Gasteiger partial charge < -0.3 is 19.7 Å². The number of anilines is 1. The van der Waals surface area contributed by atoms with E-state index in [9.17, 15) is 9.59 Å². The summed E-state index contributed by atoms with van der Waals surface area (Å²) in [6, 6.07) is 16.1. The second kappa shape index (κ2) is 9.97. The molecule has 0 bridgehead atoms. The van der Waals surface area contributed by atoms with Gasteiger partial charge in [0.2, 0.25) is 0 Å². The molecule has 0 aliphatic carbocycles. The summed E-state index contributed by atoms with van der Waals surface area (Å²) in [6.45, 7) is 1.50. The maximum Gasteiger partial charge on any atom is 0.347 e. The molecule has 2 rings (SSSR count). The van der Waals surface area contributed by atoms with Crippen LogP contribution in [0.5, 0.6) is 5.75 Å². The number of carbonyl (C=O) groups is 2. The molecule has 0 unspecified atom stereocenters. The first kappa shape index (κ1) is 20.8. The Labute approximate surface area is 164 Å². The molecule has 0 saturated heterocycles. The lowest BCUT2D eigenvalue weighted by Gasteiger charge is -2.14. The summed E-state index contributed by atoms with van der Waals surface area (Å²) in [5, 5.41) is 11.5. The third-order valence-electron chi connectivity index (χ3n) is 3.92. The minimum Gasteiger partial charge on any atom is -0.479 e.